The average Bonchev–Trinajstić information content (AvgIpc) is 3.91. The molecule has 4 aromatic heterocycles. The second-order valence-corrected chi connectivity index (χ2v) is 12.2. The lowest BCUT2D eigenvalue weighted by atomic mass is 10.2. The number of hydrogen-bond acceptors (Lipinski definition) is 11. The Bertz CT molecular complexity index is 2490. The summed E-state index contributed by atoms with van der Waals surface area (Å²) in [4.78, 5) is 60.3. The third-order valence-corrected chi connectivity index (χ3v) is 8.58. The standard InChI is InChI=1S/C36H38N10O8/c1-7-45-25(13-19(3)41-45)31(48)39-35-37-23-15-21(33(50)51)17-27(47)29(23)43(35)11-9-10-12-44-30-24(16-22(34(52)54-6)18-28(30)53-5)38-36(44)40-32(49)26-14-20(4)42-46(26)8-2/h9-10,13-18,47H,7-8,11-12H2,1-6H3,(H,50,51)(H,37,39,48)(H,38,40,49). The third-order valence-electron chi connectivity index (χ3n) is 8.58. The highest BCUT2D eigenvalue weighted by Crippen LogP contribution is 2.32. The van der Waals surface area contributed by atoms with Crippen LogP contribution in [0, 0.1) is 13.8 Å². The van der Waals surface area contributed by atoms with Crippen molar-refractivity contribution in [3.63, 3.8) is 0 Å². The van der Waals surface area contributed by atoms with Crippen LogP contribution in [0.2, 0.25) is 0 Å². The molecular weight excluding hydrogens is 700 g/mol. The summed E-state index contributed by atoms with van der Waals surface area (Å²) in [5.41, 5.74) is 3.13. The molecule has 54 heavy (non-hydrogen) atoms. The lowest BCUT2D eigenvalue weighted by Gasteiger charge is -2.12. The van der Waals surface area contributed by atoms with Gasteiger partial charge in [0.05, 0.1) is 47.8 Å². The number of carboxylic acids is 1. The van der Waals surface area contributed by atoms with E-state index in [2.05, 4.69) is 30.8 Å². The molecule has 18 heteroatoms. The molecule has 4 N–H and O–H groups in total. The van der Waals surface area contributed by atoms with E-state index in [1.165, 1.54) is 37.0 Å². The minimum atomic E-state index is -1.26. The van der Waals surface area contributed by atoms with Crippen molar-refractivity contribution in [3.05, 3.63) is 82.5 Å². The number of aryl methyl sites for hydroxylation is 4. The van der Waals surface area contributed by atoms with Crippen LogP contribution in [-0.2, 0) is 30.9 Å². The second kappa shape index (κ2) is 14.9. The molecular formula is C36H38N10O8. The minimum Gasteiger partial charge on any atom is -0.506 e. The van der Waals surface area contributed by atoms with Crippen LogP contribution in [0.3, 0.4) is 0 Å². The van der Waals surface area contributed by atoms with Gasteiger partial charge in [-0.3, -0.25) is 29.6 Å². The number of aromatic hydroxyl groups is 1. The van der Waals surface area contributed by atoms with Gasteiger partial charge in [-0.2, -0.15) is 10.2 Å². The second-order valence-electron chi connectivity index (χ2n) is 12.2. The Morgan fingerprint density at radius 2 is 1.24 bits per heavy atom. The number of allylic oxidation sites excluding steroid dienone is 2. The molecule has 2 aromatic carbocycles. The van der Waals surface area contributed by atoms with Gasteiger partial charge in [-0.15, -0.1) is 0 Å². The van der Waals surface area contributed by atoms with Crippen LogP contribution >= 0.6 is 0 Å². The molecule has 0 saturated carbocycles. The smallest absolute Gasteiger partial charge is 0.338 e. The number of carbonyl (C=O) groups is 4. The molecule has 0 aliphatic carbocycles. The van der Waals surface area contributed by atoms with Crippen LogP contribution < -0.4 is 15.4 Å². The molecule has 0 bridgehead atoms. The van der Waals surface area contributed by atoms with Crippen LogP contribution in [0.5, 0.6) is 11.5 Å². The highest BCUT2D eigenvalue weighted by molar-refractivity contribution is 6.05. The third kappa shape index (κ3) is 6.95. The summed E-state index contributed by atoms with van der Waals surface area (Å²) in [5, 5.41) is 34.9. The van der Waals surface area contributed by atoms with E-state index in [0.717, 1.165) is 6.07 Å². The van der Waals surface area contributed by atoms with E-state index < -0.39 is 23.8 Å². The normalized spacial score (nSPS) is 11.4. The first kappa shape index (κ1) is 36.8. The molecule has 4 heterocycles. The summed E-state index contributed by atoms with van der Waals surface area (Å²) in [7, 11) is 2.71. The number of ether oxygens (including phenoxy) is 2. The van der Waals surface area contributed by atoms with E-state index >= 15 is 0 Å². The Hall–Kier alpha value is -6.98. The number of rotatable bonds is 13. The fraction of sp³-hybridized carbons (Fsp3) is 0.278. The summed E-state index contributed by atoms with van der Waals surface area (Å²) in [6.45, 7) is 8.37. The first-order chi connectivity index (χ1) is 25.9. The number of fused-ring (bicyclic) bond motifs is 2. The summed E-state index contributed by atoms with van der Waals surface area (Å²) >= 11 is 0. The van der Waals surface area contributed by atoms with Gasteiger partial charge in [-0.25, -0.2) is 19.6 Å². The van der Waals surface area contributed by atoms with E-state index in [1.54, 1.807) is 52.1 Å². The number of anilines is 2. The predicted octanol–water partition coefficient (Wildman–Crippen LogP) is 4.40. The zero-order valence-electron chi connectivity index (χ0n) is 30.4. The number of nitrogens with zero attached hydrogens (tertiary/aromatic N) is 8. The summed E-state index contributed by atoms with van der Waals surface area (Å²) in [6, 6.07) is 8.77. The summed E-state index contributed by atoms with van der Waals surface area (Å²) in [5.74, 6) is -2.64. The van der Waals surface area contributed by atoms with E-state index in [0.29, 0.717) is 52.6 Å². The molecule has 6 aromatic rings. The molecule has 6 rings (SSSR count). The highest BCUT2D eigenvalue weighted by atomic mass is 16.5. The maximum atomic E-state index is 13.5. The van der Waals surface area contributed by atoms with Crippen molar-refractivity contribution in [2.75, 3.05) is 24.9 Å². The minimum absolute atomic E-state index is 0.0554. The van der Waals surface area contributed by atoms with Crippen LogP contribution in [0.25, 0.3) is 22.1 Å². The molecule has 0 fully saturated rings. The van der Waals surface area contributed by atoms with Gasteiger partial charge in [0.1, 0.15) is 33.9 Å². The quantitative estimate of drug-likeness (QED) is 0.0957. The van der Waals surface area contributed by atoms with Crippen molar-refractivity contribution in [1.29, 1.82) is 0 Å². The molecule has 0 radical (unpaired) electrons. The monoisotopic (exact) mass is 738 g/mol. The predicted molar refractivity (Wildman–Crippen MR) is 196 cm³/mol. The number of imidazole rings is 2. The fourth-order valence-corrected chi connectivity index (χ4v) is 6.17. The zero-order chi connectivity index (χ0) is 38.8. The van der Waals surface area contributed by atoms with Crippen molar-refractivity contribution in [3.8, 4) is 11.5 Å². The van der Waals surface area contributed by atoms with Crippen LogP contribution in [0.1, 0.15) is 66.9 Å². The van der Waals surface area contributed by atoms with Gasteiger partial charge < -0.3 is 28.8 Å². The number of esters is 1. The Morgan fingerprint density at radius 1 is 0.741 bits per heavy atom. The first-order valence-electron chi connectivity index (χ1n) is 16.9. The van der Waals surface area contributed by atoms with Crippen LogP contribution in [-0.4, -0.2) is 86.8 Å². The van der Waals surface area contributed by atoms with Gasteiger partial charge in [-0.05, 0) is 64.1 Å². The van der Waals surface area contributed by atoms with Crippen molar-refractivity contribution in [2.45, 2.75) is 53.9 Å². The van der Waals surface area contributed by atoms with Gasteiger partial charge in [0.15, 0.2) is 0 Å². The fourth-order valence-electron chi connectivity index (χ4n) is 6.17. The Morgan fingerprint density at radius 3 is 1.72 bits per heavy atom. The van der Waals surface area contributed by atoms with E-state index in [1.807, 2.05) is 13.8 Å². The van der Waals surface area contributed by atoms with E-state index in [9.17, 15) is 29.4 Å². The van der Waals surface area contributed by atoms with E-state index in [4.69, 9.17) is 9.47 Å². The van der Waals surface area contributed by atoms with Gasteiger partial charge in [0.2, 0.25) is 11.9 Å². The lowest BCUT2D eigenvalue weighted by Crippen LogP contribution is -2.20. The number of hydrogen-bond donors (Lipinski definition) is 4. The van der Waals surface area contributed by atoms with E-state index in [-0.39, 0.29) is 52.9 Å². The Balaban J connectivity index is 1.38. The molecule has 280 valence electrons. The van der Waals surface area contributed by atoms with Crippen molar-refractivity contribution >= 4 is 57.7 Å². The van der Waals surface area contributed by atoms with Crippen molar-refractivity contribution in [2.24, 2.45) is 0 Å². The number of carbonyl (C=O) groups excluding carboxylic acids is 3. The highest BCUT2D eigenvalue weighted by Gasteiger charge is 2.23. The van der Waals surface area contributed by atoms with Crippen LogP contribution in [0.4, 0.5) is 11.9 Å². The maximum absolute atomic E-state index is 13.5. The molecule has 0 saturated heterocycles. The maximum Gasteiger partial charge on any atom is 0.338 e. The molecule has 0 atom stereocenters. The van der Waals surface area contributed by atoms with Crippen molar-refractivity contribution in [1.82, 2.24) is 38.7 Å². The van der Waals surface area contributed by atoms with Gasteiger partial charge in [-0.1, -0.05) is 12.2 Å². The SMILES string of the molecule is CCn1nc(C)cc1C(=O)Nc1nc2cc(C(=O)O)cc(O)c2n1CC=CCn1c(NC(=O)c2cc(C)nn2CC)nc2cc(C(=O)OC)cc(OC)c21. The lowest BCUT2D eigenvalue weighted by molar-refractivity contribution is 0.0599. The molecule has 0 aliphatic heterocycles. The Kier molecular flexibility index (Phi) is 10.2. The number of methoxy groups -OCH3 is 2. The average molecular weight is 739 g/mol. The van der Waals surface area contributed by atoms with Gasteiger partial charge in [0.25, 0.3) is 11.8 Å². The van der Waals surface area contributed by atoms with Gasteiger partial charge >= 0.3 is 11.9 Å². The molecule has 2 amide bonds. The zero-order valence-corrected chi connectivity index (χ0v) is 30.4. The van der Waals surface area contributed by atoms with Crippen molar-refractivity contribution < 1.29 is 38.9 Å². The number of benzene rings is 2. The first-order valence-corrected chi connectivity index (χ1v) is 16.9. The number of phenols is 1. The molecule has 0 spiro atoms. The number of aromatic nitrogens is 8. The largest absolute Gasteiger partial charge is 0.506 e. The summed E-state index contributed by atoms with van der Waals surface area (Å²) < 4.78 is 16.9. The molecule has 0 unspecified atom stereocenters. The topological polar surface area (TPSA) is 223 Å². The number of phenolic OH excluding ortho intramolecular Hbond substituents is 1. The molecule has 0 aliphatic rings. The number of carboxylic acid groups (broad SMARTS) is 1. The van der Waals surface area contributed by atoms with Gasteiger partial charge in [0, 0.05) is 26.2 Å². The Labute approximate surface area is 307 Å². The molecule has 18 nitrogen and oxygen atoms in total. The van der Waals surface area contributed by atoms with Crippen LogP contribution in [0.15, 0.2) is 48.6 Å². The number of aromatic carboxylic acids is 1. The number of nitrogens with one attached hydrogen (secondary N) is 2. The summed E-state index contributed by atoms with van der Waals surface area (Å²) in [6.07, 6.45) is 3.50. The number of amides is 2.